The summed E-state index contributed by atoms with van der Waals surface area (Å²) in [6, 6.07) is 9.82. The highest BCUT2D eigenvalue weighted by Gasteiger charge is 2.67. The number of amides is 1. The van der Waals surface area contributed by atoms with Crippen molar-refractivity contribution < 1.29 is 27.9 Å². The van der Waals surface area contributed by atoms with Crippen molar-refractivity contribution in [2.75, 3.05) is 5.32 Å². The number of hydrogen-bond donors (Lipinski definition) is 1. The summed E-state index contributed by atoms with van der Waals surface area (Å²) in [7, 11) is 0. The number of hydrogen-bond acceptors (Lipinski definition) is 4. The number of rotatable bonds is 8. The van der Waals surface area contributed by atoms with Crippen LogP contribution in [0.5, 0.6) is 0 Å². The first-order valence-corrected chi connectivity index (χ1v) is 14.9. The molecule has 0 bridgehead atoms. The fourth-order valence-corrected chi connectivity index (χ4v) is 6.12. The minimum Gasteiger partial charge on any atom is -0.460 e. The van der Waals surface area contributed by atoms with Crippen LogP contribution in [0.25, 0.3) is 0 Å². The van der Waals surface area contributed by atoms with Crippen molar-refractivity contribution in [1.82, 2.24) is 0 Å². The maximum Gasteiger partial charge on any atom is 0.310 e. The summed E-state index contributed by atoms with van der Waals surface area (Å²) >= 11 is 31.4. The molecule has 0 spiro atoms. The molecular formula is C31H26Cl5F2NO4. The fraction of sp³-hybridized carbons (Fsp3) is 0.323. The minimum atomic E-state index is -1.42. The standard InChI is InChI=1S/C31H26Cl5F2NO4/c1-14-9-17(39-29(42)26-25(31(26,35)36)15-5-7-20(32)21(33)10-15)12-19(27(14)34)23(40)13-18-22(37)8-6-16(28(18)38)11-24(41)43-30(2,3)4/h5-10,12,25-26H,11,13H2,1-4H3,(H,39,42)/t25-,26+/m0/s1. The van der Waals surface area contributed by atoms with Gasteiger partial charge in [-0.25, -0.2) is 8.78 Å². The summed E-state index contributed by atoms with van der Waals surface area (Å²) in [6.07, 6.45) is -1.14. The molecule has 0 unspecified atom stereocenters. The zero-order valence-electron chi connectivity index (χ0n) is 23.4. The fourth-order valence-electron chi connectivity index (χ4n) is 4.77. The van der Waals surface area contributed by atoms with Crippen molar-refractivity contribution in [1.29, 1.82) is 0 Å². The Morgan fingerprint density at radius 1 is 0.953 bits per heavy atom. The van der Waals surface area contributed by atoms with Gasteiger partial charge in [-0.05, 0) is 74.7 Å². The van der Waals surface area contributed by atoms with Gasteiger partial charge in [-0.1, -0.05) is 46.9 Å². The van der Waals surface area contributed by atoms with Gasteiger partial charge in [0.25, 0.3) is 0 Å². The van der Waals surface area contributed by atoms with Crippen LogP contribution in [0.3, 0.4) is 0 Å². The lowest BCUT2D eigenvalue weighted by Crippen LogP contribution is -2.25. The average molecular weight is 692 g/mol. The Bertz CT molecular complexity index is 1640. The number of Topliss-reactive ketones (excluding diaryl/α,β-unsaturated/α-hetero) is 1. The van der Waals surface area contributed by atoms with Gasteiger partial charge in [0, 0.05) is 29.2 Å². The molecule has 12 heteroatoms. The molecule has 3 aromatic carbocycles. The summed E-state index contributed by atoms with van der Waals surface area (Å²) in [6.45, 7) is 6.61. The van der Waals surface area contributed by atoms with Gasteiger partial charge in [0.05, 0.1) is 27.4 Å². The molecular weight excluding hydrogens is 666 g/mol. The van der Waals surface area contributed by atoms with E-state index in [1.165, 1.54) is 6.07 Å². The van der Waals surface area contributed by atoms with Crippen molar-refractivity contribution in [3.63, 3.8) is 0 Å². The molecule has 4 rings (SSSR count). The highest BCUT2D eigenvalue weighted by molar-refractivity contribution is 6.53. The average Bonchev–Trinajstić information content (AvgIpc) is 3.47. The summed E-state index contributed by atoms with van der Waals surface area (Å²) in [5.41, 5.74) is -0.227. The molecule has 0 aromatic heterocycles. The van der Waals surface area contributed by atoms with E-state index in [2.05, 4.69) is 5.32 Å². The second kappa shape index (κ2) is 12.5. The van der Waals surface area contributed by atoms with E-state index in [-0.39, 0.29) is 26.9 Å². The molecule has 1 N–H and O–H groups in total. The Kier molecular flexibility index (Phi) is 9.75. The van der Waals surface area contributed by atoms with Crippen molar-refractivity contribution in [3.8, 4) is 0 Å². The van der Waals surface area contributed by atoms with Crippen LogP contribution in [-0.4, -0.2) is 27.6 Å². The zero-order valence-corrected chi connectivity index (χ0v) is 27.2. The smallest absolute Gasteiger partial charge is 0.310 e. The Morgan fingerprint density at radius 3 is 2.26 bits per heavy atom. The number of alkyl halides is 2. The molecule has 0 heterocycles. The van der Waals surface area contributed by atoms with Gasteiger partial charge < -0.3 is 10.1 Å². The van der Waals surface area contributed by atoms with E-state index in [0.29, 0.717) is 16.1 Å². The number of carbonyl (C=O) groups excluding carboxylic acids is 3. The molecule has 0 saturated heterocycles. The van der Waals surface area contributed by atoms with Gasteiger partial charge in [-0.2, -0.15) is 0 Å². The first-order chi connectivity index (χ1) is 19.9. The summed E-state index contributed by atoms with van der Waals surface area (Å²) in [5, 5.41) is 3.39. The van der Waals surface area contributed by atoms with Crippen LogP contribution in [0.4, 0.5) is 14.5 Å². The molecule has 1 saturated carbocycles. The summed E-state index contributed by atoms with van der Waals surface area (Å²) in [4.78, 5) is 38.7. The molecule has 1 amide bonds. The van der Waals surface area contributed by atoms with Crippen LogP contribution < -0.4 is 5.32 Å². The Balaban J connectivity index is 1.54. The lowest BCUT2D eigenvalue weighted by atomic mass is 9.97. The molecule has 228 valence electrons. The summed E-state index contributed by atoms with van der Waals surface area (Å²) < 4.78 is 33.8. The van der Waals surface area contributed by atoms with Crippen LogP contribution in [0.1, 0.15) is 59.3 Å². The molecule has 0 radical (unpaired) electrons. The lowest BCUT2D eigenvalue weighted by molar-refractivity contribution is -0.154. The number of anilines is 1. The van der Waals surface area contributed by atoms with Crippen LogP contribution in [0.2, 0.25) is 15.1 Å². The molecule has 0 aliphatic heterocycles. The lowest BCUT2D eigenvalue weighted by Gasteiger charge is -2.19. The highest BCUT2D eigenvalue weighted by atomic mass is 35.5. The third-order valence-electron chi connectivity index (χ3n) is 6.82. The first kappa shape index (κ1) is 33.5. The largest absolute Gasteiger partial charge is 0.460 e. The second-order valence-corrected chi connectivity index (χ2v) is 13.9. The zero-order chi connectivity index (χ0) is 32.0. The molecule has 5 nitrogen and oxygen atoms in total. The van der Waals surface area contributed by atoms with E-state index in [1.807, 2.05) is 0 Å². The Labute approximate surface area is 272 Å². The third-order valence-corrected chi connectivity index (χ3v) is 9.00. The number of esters is 1. The number of aryl methyl sites for hydroxylation is 1. The number of nitrogens with one attached hydrogen (secondary N) is 1. The molecule has 1 aliphatic rings. The van der Waals surface area contributed by atoms with E-state index in [4.69, 9.17) is 62.7 Å². The molecule has 43 heavy (non-hydrogen) atoms. The predicted molar refractivity (Wildman–Crippen MR) is 166 cm³/mol. The summed E-state index contributed by atoms with van der Waals surface area (Å²) in [5.74, 6) is -5.34. The quantitative estimate of drug-likeness (QED) is 0.145. The molecule has 2 atom stereocenters. The van der Waals surface area contributed by atoms with Crippen LogP contribution in [0, 0.1) is 24.5 Å². The number of ketones is 1. The van der Waals surface area contributed by atoms with Crippen LogP contribution in [0.15, 0.2) is 42.5 Å². The number of benzene rings is 3. The monoisotopic (exact) mass is 689 g/mol. The van der Waals surface area contributed by atoms with Gasteiger partial charge in [-0.3, -0.25) is 14.4 Å². The third kappa shape index (κ3) is 7.46. The maximum absolute atomic E-state index is 15.3. The molecule has 1 aliphatic carbocycles. The second-order valence-electron chi connectivity index (χ2n) is 11.3. The van der Waals surface area contributed by atoms with E-state index < -0.39 is 69.5 Å². The maximum atomic E-state index is 15.3. The number of carbonyl (C=O) groups is 3. The Morgan fingerprint density at radius 2 is 1.63 bits per heavy atom. The molecule has 3 aromatic rings. The Hall–Kier alpha value is -2.42. The normalized spacial score (nSPS) is 17.4. The van der Waals surface area contributed by atoms with Gasteiger partial charge in [0.2, 0.25) is 5.91 Å². The van der Waals surface area contributed by atoms with Crippen LogP contribution in [-0.2, 0) is 27.2 Å². The molecule has 1 fully saturated rings. The van der Waals surface area contributed by atoms with Gasteiger partial charge in [0.15, 0.2) is 5.78 Å². The number of halogens is 7. The van der Waals surface area contributed by atoms with Crippen molar-refractivity contribution in [2.24, 2.45) is 5.92 Å². The first-order valence-electron chi connectivity index (χ1n) is 13.0. The number of ether oxygens (including phenoxy) is 1. The minimum absolute atomic E-state index is 0.0536. The topological polar surface area (TPSA) is 72.5 Å². The predicted octanol–water partition coefficient (Wildman–Crippen LogP) is 9.07. The van der Waals surface area contributed by atoms with E-state index in [0.717, 1.165) is 12.1 Å². The van der Waals surface area contributed by atoms with Crippen molar-refractivity contribution in [3.05, 3.63) is 97.0 Å². The van der Waals surface area contributed by atoms with Gasteiger partial charge >= 0.3 is 5.97 Å². The van der Waals surface area contributed by atoms with Gasteiger partial charge in [0.1, 0.15) is 21.6 Å². The van der Waals surface area contributed by atoms with Crippen molar-refractivity contribution >= 4 is 81.4 Å². The van der Waals surface area contributed by atoms with Gasteiger partial charge in [-0.15, -0.1) is 23.2 Å². The SMILES string of the molecule is Cc1cc(NC(=O)[C@H]2[C@H](c3ccc(Cl)c(Cl)c3)C2(Cl)Cl)cc(C(=O)Cc2c(F)ccc(CC(=O)OC(C)(C)C)c2F)c1Cl. The highest BCUT2D eigenvalue weighted by Crippen LogP contribution is 2.65. The van der Waals surface area contributed by atoms with E-state index in [9.17, 15) is 18.8 Å². The van der Waals surface area contributed by atoms with Crippen molar-refractivity contribution in [2.45, 2.75) is 56.4 Å². The van der Waals surface area contributed by atoms with E-state index in [1.54, 1.807) is 52.0 Å². The van der Waals surface area contributed by atoms with Crippen LogP contribution >= 0.6 is 58.0 Å². The van der Waals surface area contributed by atoms with E-state index >= 15 is 4.39 Å².